The van der Waals surface area contributed by atoms with Crippen LogP contribution in [-0.4, -0.2) is 119 Å². The van der Waals surface area contributed by atoms with E-state index in [9.17, 15) is 19.5 Å². The van der Waals surface area contributed by atoms with Gasteiger partial charge in [-0.15, -0.1) is 24.9 Å². The minimum Gasteiger partial charge on any atom is -0.465 e. The van der Waals surface area contributed by atoms with E-state index in [4.69, 9.17) is 9.47 Å². The number of esters is 1. The van der Waals surface area contributed by atoms with Gasteiger partial charge in [0.15, 0.2) is 0 Å². The number of likely N-dealkylation sites (tertiary alicyclic amines) is 1. The molecule has 5 atom stereocenters. The Hall–Kier alpha value is -1.88. The molecule has 9 nitrogen and oxygen atoms in total. The van der Waals surface area contributed by atoms with Gasteiger partial charge in [0.1, 0.15) is 6.04 Å². The first-order chi connectivity index (χ1) is 18.5. The number of allylic oxidation sites excluding steroid dienone is 1. The van der Waals surface area contributed by atoms with Crippen molar-refractivity contribution in [2.45, 2.75) is 54.6 Å². The third-order valence-electron chi connectivity index (χ3n) is 8.36. The first-order valence-electron chi connectivity index (χ1n) is 14.0. The number of carbonyl (C=O) groups excluding carboxylic acids is 3. The van der Waals surface area contributed by atoms with Crippen molar-refractivity contribution in [3.05, 3.63) is 25.3 Å². The van der Waals surface area contributed by atoms with Gasteiger partial charge in [-0.2, -0.15) is 0 Å². The average Bonchev–Trinajstić information content (AvgIpc) is 3.57. The fraction of sp³-hybridized carbons (Fsp3) is 0.750. The number of morpholine rings is 1. The number of rotatable bonds is 15. The third kappa shape index (κ3) is 5.83. The van der Waals surface area contributed by atoms with Gasteiger partial charge in [0.25, 0.3) is 0 Å². The van der Waals surface area contributed by atoms with Gasteiger partial charge >= 0.3 is 5.97 Å². The maximum atomic E-state index is 14.2. The highest BCUT2D eigenvalue weighted by Crippen LogP contribution is 2.66. The van der Waals surface area contributed by atoms with E-state index in [0.717, 1.165) is 51.7 Å². The van der Waals surface area contributed by atoms with E-state index < -0.39 is 22.6 Å². The van der Waals surface area contributed by atoms with Gasteiger partial charge in [0.2, 0.25) is 11.8 Å². The fourth-order valence-corrected chi connectivity index (χ4v) is 8.75. The second-order valence-electron chi connectivity index (χ2n) is 10.6. The summed E-state index contributed by atoms with van der Waals surface area (Å²) in [6.07, 6.45) is 8.02. The van der Waals surface area contributed by atoms with Crippen molar-refractivity contribution in [1.29, 1.82) is 0 Å². The molecule has 0 aromatic carbocycles. The zero-order chi connectivity index (χ0) is 27.1. The zero-order valence-electron chi connectivity index (χ0n) is 22.4. The molecular formula is C28H43N3O6S. The lowest BCUT2D eigenvalue weighted by atomic mass is 9.71. The first-order valence-corrected chi connectivity index (χ1v) is 14.9. The smallest absolute Gasteiger partial charge is 0.310 e. The van der Waals surface area contributed by atoms with Crippen LogP contribution >= 0.6 is 11.8 Å². The number of unbranched alkanes of at least 4 members (excludes halogenated alkanes) is 2. The Kier molecular flexibility index (Phi) is 10.3. The molecule has 4 aliphatic heterocycles. The lowest BCUT2D eigenvalue weighted by molar-refractivity contribution is -0.154. The van der Waals surface area contributed by atoms with Crippen LogP contribution in [0.5, 0.6) is 0 Å². The quantitative estimate of drug-likeness (QED) is 0.187. The predicted octanol–water partition coefficient (Wildman–Crippen LogP) is 1.71. The number of hydrogen-bond acceptors (Lipinski definition) is 8. The maximum Gasteiger partial charge on any atom is 0.310 e. The molecule has 212 valence electrons. The maximum absolute atomic E-state index is 14.2. The summed E-state index contributed by atoms with van der Waals surface area (Å²) in [6, 6.07) is -0.656. The monoisotopic (exact) mass is 549 g/mol. The van der Waals surface area contributed by atoms with Crippen LogP contribution in [0.25, 0.3) is 0 Å². The number of nitrogens with zero attached hydrogens (tertiary/aromatic N) is 3. The molecule has 4 fully saturated rings. The third-order valence-corrected chi connectivity index (χ3v) is 10.3. The molecule has 4 rings (SSSR count). The number of aliphatic hydroxyl groups is 1. The second-order valence-corrected chi connectivity index (χ2v) is 12.2. The van der Waals surface area contributed by atoms with Gasteiger partial charge in [-0.05, 0) is 38.5 Å². The number of aliphatic hydroxyl groups excluding tert-OH is 1. The SMILES string of the molecule is C=CCCCCOC(=O)[C@@H]1[C@@H]2CCC3(S2)C(C(=O)N(CC=C)CCN2CCOCC2)N(CCCO)C(=O)[C@H]13. The Morgan fingerprint density at radius 2 is 1.97 bits per heavy atom. The molecule has 2 bridgehead atoms. The lowest BCUT2D eigenvalue weighted by Crippen LogP contribution is -2.56. The van der Waals surface area contributed by atoms with Crippen molar-refractivity contribution in [3.63, 3.8) is 0 Å². The number of hydrogen-bond donors (Lipinski definition) is 1. The number of amides is 2. The summed E-state index contributed by atoms with van der Waals surface area (Å²) in [4.78, 5) is 47.2. The topological polar surface area (TPSA) is 99.6 Å². The molecule has 2 unspecified atom stereocenters. The molecular weight excluding hydrogens is 506 g/mol. The molecule has 0 saturated carbocycles. The Morgan fingerprint density at radius 3 is 2.68 bits per heavy atom. The molecule has 0 aromatic rings. The Balaban J connectivity index is 1.53. The van der Waals surface area contributed by atoms with Crippen LogP contribution in [0.3, 0.4) is 0 Å². The van der Waals surface area contributed by atoms with Crippen LogP contribution in [-0.2, 0) is 23.9 Å². The predicted molar refractivity (Wildman–Crippen MR) is 147 cm³/mol. The Morgan fingerprint density at radius 1 is 1.18 bits per heavy atom. The first kappa shape index (κ1) is 29.1. The van der Waals surface area contributed by atoms with Gasteiger partial charge < -0.3 is 24.4 Å². The summed E-state index contributed by atoms with van der Waals surface area (Å²) in [5, 5.41) is 9.53. The molecule has 1 spiro atoms. The molecule has 10 heteroatoms. The molecule has 0 aliphatic carbocycles. The molecule has 4 heterocycles. The van der Waals surface area contributed by atoms with Gasteiger partial charge in [-0.3, -0.25) is 19.3 Å². The van der Waals surface area contributed by atoms with E-state index in [1.165, 1.54) is 0 Å². The van der Waals surface area contributed by atoms with Crippen LogP contribution in [0.1, 0.15) is 38.5 Å². The molecule has 0 radical (unpaired) electrons. The number of ether oxygens (including phenoxy) is 2. The van der Waals surface area contributed by atoms with Crippen LogP contribution in [0, 0.1) is 11.8 Å². The van der Waals surface area contributed by atoms with Gasteiger partial charge in [0.05, 0.1) is 36.4 Å². The van der Waals surface area contributed by atoms with Crippen molar-refractivity contribution in [3.8, 4) is 0 Å². The molecule has 38 heavy (non-hydrogen) atoms. The van der Waals surface area contributed by atoms with Crippen molar-refractivity contribution in [2.75, 3.05) is 65.7 Å². The lowest BCUT2D eigenvalue weighted by Gasteiger charge is -2.38. The summed E-state index contributed by atoms with van der Waals surface area (Å²) < 4.78 is 10.5. The molecule has 0 aromatic heterocycles. The summed E-state index contributed by atoms with van der Waals surface area (Å²) >= 11 is 1.65. The van der Waals surface area contributed by atoms with Gasteiger partial charge in [-0.25, -0.2) is 0 Å². The van der Waals surface area contributed by atoms with Crippen molar-refractivity contribution in [1.82, 2.24) is 14.7 Å². The molecule has 1 N–H and O–H groups in total. The van der Waals surface area contributed by atoms with Crippen molar-refractivity contribution < 1.29 is 29.0 Å². The Bertz CT molecular complexity index is 881. The minimum absolute atomic E-state index is 0.0129. The summed E-state index contributed by atoms with van der Waals surface area (Å²) in [7, 11) is 0. The molecule has 4 saturated heterocycles. The van der Waals surface area contributed by atoms with Crippen LogP contribution in [0.4, 0.5) is 0 Å². The highest BCUT2D eigenvalue weighted by Gasteiger charge is 2.74. The number of carbonyl (C=O) groups is 3. The summed E-state index contributed by atoms with van der Waals surface area (Å²) in [5.41, 5.74) is 0. The summed E-state index contributed by atoms with van der Waals surface area (Å²) in [6.45, 7) is 12.9. The summed E-state index contributed by atoms with van der Waals surface area (Å²) in [5.74, 6) is -1.64. The fourth-order valence-electron chi connectivity index (χ4n) is 6.55. The van der Waals surface area contributed by atoms with E-state index in [2.05, 4.69) is 18.1 Å². The van der Waals surface area contributed by atoms with Crippen LogP contribution in [0.2, 0.25) is 0 Å². The van der Waals surface area contributed by atoms with Gasteiger partial charge in [-0.1, -0.05) is 12.2 Å². The second kappa shape index (κ2) is 13.5. The van der Waals surface area contributed by atoms with E-state index in [-0.39, 0.29) is 29.6 Å². The Labute approximate surface area is 230 Å². The van der Waals surface area contributed by atoms with Gasteiger partial charge in [0, 0.05) is 51.1 Å². The van der Waals surface area contributed by atoms with Crippen molar-refractivity contribution in [2.24, 2.45) is 11.8 Å². The van der Waals surface area contributed by atoms with E-state index in [0.29, 0.717) is 45.9 Å². The number of thioether (sulfide) groups is 1. The highest BCUT2D eigenvalue weighted by atomic mass is 32.2. The van der Waals surface area contributed by atoms with E-state index in [1.54, 1.807) is 22.7 Å². The van der Waals surface area contributed by atoms with Crippen LogP contribution in [0.15, 0.2) is 25.3 Å². The van der Waals surface area contributed by atoms with Crippen LogP contribution < -0.4 is 0 Å². The normalized spacial score (nSPS) is 30.3. The number of fused-ring (bicyclic) bond motifs is 1. The molecule has 4 aliphatic rings. The average molecular weight is 550 g/mol. The van der Waals surface area contributed by atoms with E-state index in [1.807, 2.05) is 11.0 Å². The van der Waals surface area contributed by atoms with Crippen molar-refractivity contribution >= 4 is 29.5 Å². The molecule has 2 amide bonds. The highest BCUT2D eigenvalue weighted by molar-refractivity contribution is 8.02. The standard InChI is InChI=1S/C28H43N3O6S/c1-3-5-6-7-18-37-27(35)22-21-9-10-28(38-21)23(22)25(33)31(12-8-17-32)24(28)26(34)30(11-4-2)14-13-29-15-19-36-20-16-29/h3-4,21-24,32H,1-2,5-20H2/t21-,22+,23-,24?,28?/m0/s1. The zero-order valence-corrected chi connectivity index (χ0v) is 23.2. The van der Waals surface area contributed by atoms with E-state index >= 15 is 0 Å². The minimum atomic E-state index is -0.656. The largest absolute Gasteiger partial charge is 0.465 e.